The van der Waals surface area contributed by atoms with E-state index in [0.29, 0.717) is 29.5 Å². The Hall–Kier alpha value is -2.30. The number of imide groups is 1. The van der Waals surface area contributed by atoms with Crippen LogP contribution in [0.4, 0.5) is 5.69 Å². The van der Waals surface area contributed by atoms with Crippen LogP contribution in [0, 0.1) is 11.8 Å². The van der Waals surface area contributed by atoms with Gasteiger partial charge in [0.2, 0.25) is 18.6 Å². The summed E-state index contributed by atoms with van der Waals surface area (Å²) in [5.41, 5.74) is 2.01. The molecule has 3 aliphatic rings. The Morgan fingerprint density at radius 1 is 1.21 bits per heavy atom. The van der Waals surface area contributed by atoms with Crippen LogP contribution in [0.3, 0.4) is 0 Å². The zero-order chi connectivity index (χ0) is 16.7. The second-order valence-electron chi connectivity index (χ2n) is 6.93. The number of anilines is 1. The predicted octanol–water partition coefficient (Wildman–Crippen LogP) is 3.43. The first-order valence-electron chi connectivity index (χ1n) is 8.54. The van der Waals surface area contributed by atoms with E-state index in [2.05, 4.69) is 13.0 Å². The van der Waals surface area contributed by atoms with E-state index in [-0.39, 0.29) is 24.5 Å². The smallest absolute Gasteiger partial charge is 0.237 e. The van der Waals surface area contributed by atoms with Gasteiger partial charge in [0.25, 0.3) is 0 Å². The molecule has 0 N–H and O–H groups in total. The summed E-state index contributed by atoms with van der Waals surface area (Å²) < 4.78 is 10.6. The Morgan fingerprint density at radius 3 is 2.83 bits per heavy atom. The summed E-state index contributed by atoms with van der Waals surface area (Å²) in [7, 11) is 0. The summed E-state index contributed by atoms with van der Waals surface area (Å²) in [5, 5.41) is 0. The number of carbonyl (C=O) groups excluding carboxylic acids is 2. The maximum atomic E-state index is 12.8. The van der Waals surface area contributed by atoms with E-state index in [4.69, 9.17) is 9.47 Å². The monoisotopic (exact) mass is 327 g/mol. The first kappa shape index (κ1) is 15.2. The van der Waals surface area contributed by atoms with E-state index < -0.39 is 0 Å². The van der Waals surface area contributed by atoms with Crippen LogP contribution in [0.1, 0.15) is 39.0 Å². The van der Waals surface area contributed by atoms with Gasteiger partial charge in [-0.2, -0.15) is 0 Å². The molecular weight excluding hydrogens is 306 g/mol. The zero-order valence-corrected chi connectivity index (χ0v) is 13.8. The lowest BCUT2D eigenvalue weighted by Gasteiger charge is -2.22. The SMILES string of the molecule is CC1=CCC(CC2CC(=O)N(c3ccc4c(c3)OCO4)C2=O)CC1. The molecule has 5 nitrogen and oxygen atoms in total. The summed E-state index contributed by atoms with van der Waals surface area (Å²) in [6.45, 7) is 2.33. The second kappa shape index (κ2) is 5.96. The summed E-state index contributed by atoms with van der Waals surface area (Å²) in [6, 6.07) is 5.21. The van der Waals surface area contributed by atoms with Crippen LogP contribution in [0.2, 0.25) is 0 Å². The highest BCUT2D eigenvalue weighted by molar-refractivity contribution is 6.21. The summed E-state index contributed by atoms with van der Waals surface area (Å²) >= 11 is 0. The molecule has 0 bridgehead atoms. The van der Waals surface area contributed by atoms with Gasteiger partial charge in [0.05, 0.1) is 5.69 Å². The highest BCUT2D eigenvalue weighted by atomic mass is 16.7. The summed E-state index contributed by atoms with van der Waals surface area (Å²) in [4.78, 5) is 26.5. The number of nitrogens with zero attached hydrogens (tertiary/aromatic N) is 1. The van der Waals surface area contributed by atoms with E-state index in [1.165, 1.54) is 10.5 Å². The van der Waals surface area contributed by atoms with Crippen molar-refractivity contribution >= 4 is 17.5 Å². The maximum absolute atomic E-state index is 12.8. The fraction of sp³-hybridized carbons (Fsp3) is 0.474. The first-order chi connectivity index (χ1) is 11.6. The second-order valence-corrected chi connectivity index (χ2v) is 6.93. The van der Waals surface area contributed by atoms with Crippen molar-refractivity contribution in [1.29, 1.82) is 0 Å². The van der Waals surface area contributed by atoms with Gasteiger partial charge in [-0.1, -0.05) is 11.6 Å². The predicted molar refractivity (Wildman–Crippen MR) is 88.9 cm³/mol. The van der Waals surface area contributed by atoms with Gasteiger partial charge >= 0.3 is 0 Å². The number of benzene rings is 1. The van der Waals surface area contributed by atoms with Gasteiger partial charge in [0.15, 0.2) is 11.5 Å². The minimum atomic E-state index is -0.195. The van der Waals surface area contributed by atoms with Crippen LogP contribution in [0.15, 0.2) is 29.8 Å². The number of rotatable bonds is 3. The highest BCUT2D eigenvalue weighted by Gasteiger charge is 2.40. The molecule has 1 aromatic carbocycles. The molecule has 0 aromatic heterocycles. The topological polar surface area (TPSA) is 55.8 Å². The molecule has 2 atom stereocenters. The molecule has 0 spiro atoms. The molecule has 0 saturated carbocycles. The molecule has 1 fully saturated rings. The molecular formula is C19H21NO4. The van der Waals surface area contributed by atoms with Crippen molar-refractivity contribution < 1.29 is 19.1 Å². The minimum absolute atomic E-state index is 0.0786. The van der Waals surface area contributed by atoms with Gasteiger partial charge in [-0.15, -0.1) is 0 Å². The van der Waals surface area contributed by atoms with Gasteiger partial charge in [0, 0.05) is 18.4 Å². The summed E-state index contributed by atoms with van der Waals surface area (Å²) in [6.07, 6.45) is 6.62. The maximum Gasteiger partial charge on any atom is 0.237 e. The number of fused-ring (bicyclic) bond motifs is 1. The van der Waals surface area contributed by atoms with Gasteiger partial charge < -0.3 is 9.47 Å². The van der Waals surface area contributed by atoms with Crippen LogP contribution in [0.5, 0.6) is 11.5 Å². The number of ether oxygens (including phenoxy) is 2. The van der Waals surface area contributed by atoms with Crippen LogP contribution < -0.4 is 14.4 Å². The molecule has 2 unspecified atom stereocenters. The lowest BCUT2D eigenvalue weighted by molar-refractivity contribution is -0.122. The summed E-state index contributed by atoms with van der Waals surface area (Å²) in [5.74, 6) is 1.35. The van der Waals surface area contributed by atoms with E-state index in [0.717, 1.165) is 25.7 Å². The average Bonchev–Trinajstić information content (AvgIpc) is 3.14. The molecule has 2 heterocycles. The van der Waals surface area contributed by atoms with Gasteiger partial charge in [-0.05, 0) is 50.7 Å². The average molecular weight is 327 g/mol. The van der Waals surface area contributed by atoms with Gasteiger partial charge in [0.1, 0.15) is 0 Å². The molecule has 0 radical (unpaired) electrons. The van der Waals surface area contributed by atoms with Crippen LogP contribution in [-0.4, -0.2) is 18.6 Å². The van der Waals surface area contributed by atoms with Crippen LogP contribution in [-0.2, 0) is 9.59 Å². The van der Waals surface area contributed by atoms with Crippen molar-refractivity contribution in [2.75, 3.05) is 11.7 Å². The highest BCUT2D eigenvalue weighted by Crippen LogP contribution is 2.39. The number of hydrogen-bond acceptors (Lipinski definition) is 4. The molecule has 1 saturated heterocycles. The molecule has 2 aliphatic heterocycles. The normalized spacial score (nSPS) is 26.0. The molecule has 24 heavy (non-hydrogen) atoms. The minimum Gasteiger partial charge on any atom is -0.454 e. The largest absolute Gasteiger partial charge is 0.454 e. The van der Waals surface area contributed by atoms with Crippen molar-refractivity contribution in [1.82, 2.24) is 0 Å². The Morgan fingerprint density at radius 2 is 2.04 bits per heavy atom. The number of hydrogen-bond donors (Lipinski definition) is 0. The third-order valence-corrected chi connectivity index (χ3v) is 5.22. The van der Waals surface area contributed by atoms with Crippen molar-refractivity contribution in [3.63, 3.8) is 0 Å². The molecule has 5 heteroatoms. The standard InChI is InChI=1S/C19H21NO4/c1-12-2-4-13(5-3-12)8-14-9-18(21)20(19(14)22)15-6-7-16-17(10-15)24-11-23-16/h2,6-7,10,13-14H,3-5,8-9,11H2,1H3. The number of amides is 2. The Balaban J connectivity index is 1.49. The number of allylic oxidation sites excluding steroid dienone is 2. The van der Waals surface area contributed by atoms with E-state index in [1.807, 2.05) is 0 Å². The Kier molecular flexibility index (Phi) is 3.79. The van der Waals surface area contributed by atoms with E-state index >= 15 is 0 Å². The number of carbonyl (C=O) groups is 2. The van der Waals surface area contributed by atoms with Crippen molar-refractivity contribution in [2.24, 2.45) is 11.8 Å². The quantitative estimate of drug-likeness (QED) is 0.630. The van der Waals surface area contributed by atoms with E-state index in [1.54, 1.807) is 18.2 Å². The molecule has 1 aromatic rings. The lowest BCUT2D eigenvalue weighted by atomic mass is 9.83. The molecule has 126 valence electrons. The Bertz CT molecular complexity index is 724. The molecule has 4 rings (SSSR count). The van der Waals surface area contributed by atoms with Gasteiger partial charge in [-0.3, -0.25) is 14.5 Å². The van der Waals surface area contributed by atoms with Crippen LogP contribution >= 0.6 is 0 Å². The fourth-order valence-corrected chi connectivity index (χ4v) is 3.81. The van der Waals surface area contributed by atoms with Crippen molar-refractivity contribution in [3.8, 4) is 11.5 Å². The van der Waals surface area contributed by atoms with Crippen molar-refractivity contribution in [2.45, 2.75) is 39.0 Å². The Labute approximate surface area is 141 Å². The molecule has 2 amide bonds. The molecule has 1 aliphatic carbocycles. The first-order valence-corrected chi connectivity index (χ1v) is 8.54. The third kappa shape index (κ3) is 2.68. The lowest BCUT2D eigenvalue weighted by Crippen LogP contribution is -2.30. The van der Waals surface area contributed by atoms with Crippen molar-refractivity contribution in [3.05, 3.63) is 29.8 Å². The third-order valence-electron chi connectivity index (χ3n) is 5.22. The fourth-order valence-electron chi connectivity index (χ4n) is 3.81. The van der Waals surface area contributed by atoms with E-state index in [9.17, 15) is 9.59 Å². The van der Waals surface area contributed by atoms with Gasteiger partial charge in [-0.25, -0.2) is 0 Å². The zero-order valence-electron chi connectivity index (χ0n) is 13.8. The van der Waals surface area contributed by atoms with Crippen LogP contribution in [0.25, 0.3) is 0 Å².